The van der Waals surface area contributed by atoms with Gasteiger partial charge >= 0.3 is 0 Å². The van der Waals surface area contributed by atoms with Gasteiger partial charge in [-0.1, -0.05) is 6.07 Å². The SMILES string of the molecule is CC(NCCCN(C)C)c1c(F)cccc1F. The van der Waals surface area contributed by atoms with E-state index in [9.17, 15) is 8.78 Å². The lowest BCUT2D eigenvalue weighted by atomic mass is 10.1. The van der Waals surface area contributed by atoms with Crippen LogP contribution in [0.5, 0.6) is 0 Å². The Balaban J connectivity index is 2.49. The molecule has 0 radical (unpaired) electrons. The first-order chi connectivity index (χ1) is 8.02. The average molecular weight is 242 g/mol. The number of hydrogen-bond donors (Lipinski definition) is 1. The zero-order valence-electron chi connectivity index (χ0n) is 10.6. The number of nitrogens with zero attached hydrogens (tertiary/aromatic N) is 1. The van der Waals surface area contributed by atoms with Crippen molar-refractivity contribution in [3.8, 4) is 0 Å². The third kappa shape index (κ3) is 4.40. The first kappa shape index (κ1) is 14.1. The lowest BCUT2D eigenvalue weighted by Crippen LogP contribution is -2.25. The number of halogens is 2. The molecule has 2 nitrogen and oxygen atoms in total. The molecule has 0 spiro atoms. The number of nitrogens with one attached hydrogen (secondary N) is 1. The third-order valence-electron chi connectivity index (χ3n) is 2.67. The maximum Gasteiger partial charge on any atom is 0.130 e. The maximum atomic E-state index is 13.5. The summed E-state index contributed by atoms with van der Waals surface area (Å²) in [4.78, 5) is 2.08. The Hall–Kier alpha value is -1.00. The van der Waals surface area contributed by atoms with E-state index in [0.29, 0.717) is 0 Å². The van der Waals surface area contributed by atoms with Gasteiger partial charge in [0.25, 0.3) is 0 Å². The molecule has 1 unspecified atom stereocenters. The second-order valence-electron chi connectivity index (χ2n) is 4.47. The van der Waals surface area contributed by atoms with Crippen molar-refractivity contribution >= 4 is 0 Å². The Kier molecular flexibility index (Phi) is 5.51. The quantitative estimate of drug-likeness (QED) is 0.771. The van der Waals surface area contributed by atoms with E-state index in [1.54, 1.807) is 6.92 Å². The summed E-state index contributed by atoms with van der Waals surface area (Å²) < 4.78 is 26.9. The fourth-order valence-corrected chi connectivity index (χ4v) is 1.74. The molecule has 0 amide bonds. The van der Waals surface area contributed by atoms with Crippen molar-refractivity contribution in [2.45, 2.75) is 19.4 Å². The molecule has 0 aliphatic carbocycles. The predicted molar refractivity (Wildman–Crippen MR) is 65.9 cm³/mol. The summed E-state index contributed by atoms with van der Waals surface area (Å²) in [5, 5.41) is 3.13. The molecular weight excluding hydrogens is 222 g/mol. The monoisotopic (exact) mass is 242 g/mol. The van der Waals surface area contributed by atoms with E-state index in [1.165, 1.54) is 18.2 Å². The van der Waals surface area contributed by atoms with Crippen LogP contribution in [0.25, 0.3) is 0 Å². The van der Waals surface area contributed by atoms with Crippen molar-refractivity contribution in [2.24, 2.45) is 0 Å². The zero-order chi connectivity index (χ0) is 12.8. The second-order valence-corrected chi connectivity index (χ2v) is 4.47. The van der Waals surface area contributed by atoms with Crippen LogP contribution in [0.2, 0.25) is 0 Å². The van der Waals surface area contributed by atoms with Crippen molar-refractivity contribution in [1.82, 2.24) is 10.2 Å². The van der Waals surface area contributed by atoms with Crippen LogP contribution < -0.4 is 5.32 Å². The molecular formula is C13H20F2N2. The van der Waals surface area contributed by atoms with Gasteiger partial charge in [0.05, 0.1) is 0 Å². The zero-order valence-corrected chi connectivity index (χ0v) is 10.6. The Morgan fingerprint density at radius 2 is 1.82 bits per heavy atom. The Morgan fingerprint density at radius 1 is 1.24 bits per heavy atom. The van der Waals surface area contributed by atoms with Gasteiger partial charge in [-0.25, -0.2) is 8.78 Å². The largest absolute Gasteiger partial charge is 0.310 e. The number of hydrogen-bond acceptors (Lipinski definition) is 2. The molecule has 0 saturated heterocycles. The van der Waals surface area contributed by atoms with Gasteiger partial charge in [-0.15, -0.1) is 0 Å². The maximum absolute atomic E-state index is 13.5. The average Bonchev–Trinajstić information content (AvgIpc) is 2.24. The molecule has 17 heavy (non-hydrogen) atoms. The summed E-state index contributed by atoms with van der Waals surface area (Å²) in [5.74, 6) is -0.977. The molecule has 0 aromatic heterocycles. The molecule has 1 aromatic rings. The van der Waals surface area contributed by atoms with E-state index in [0.717, 1.165) is 19.5 Å². The molecule has 1 rings (SSSR count). The van der Waals surface area contributed by atoms with Crippen LogP contribution in [-0.2, 0) is 0 Å². The van der Waals surface area contributed by atoms with Gasteiger partial charge in [0, 0.05) is 11.6 Å². The summed E-state index contributed by atoms with van der Waals surface area (Å²) in [7, 11) is 4.00. The van der Waals surface area contributed by atoms with Crippen LogP contribution in [0, 0.1) is 11.6 Å². The van der Waals surface area contributed by atoms with Crippen molar-refractivity contribution in [3.63, 3.8) is 0 Å². The molecule has 4 heteroatoms. The topological polar surface area (TPSA) is 15.3 Å². The molecule has 0 fully saturated rings. The van der Waals surface area contributed by atoms with Crippen LogP contribution in [-0.4, -0.2) is 32.1 Å². The van der Waals surface area contributed by atoms with Gasteiger partial charge in [0.2, 0.25) is 0 Å². The Labute approximate surface area is 102 Å². The minimum atomic E-state index is -0.488. The van der Waals surface area contributed by atoms with Crippen LogP contribution in [0.3, 0.4) is 0 Å². The molecule has 96 valence electrons. The normalized spacial score (nSPS) is 13.1. The number of rotatable bonds is 6. The van der Waals surface area contributed by atoms with Crippen LogP contribution in [0.1, 0.15) is 24.9 Å². The van der Waals surface area contributed by atoms with Gasteiger partial charge in [0.15, 0.2) is 0 Å². The van der Waals surface area contributed by atoms with Crippen LogP contribution in [0.15, 0.2) is 18.2 Å². The minimum absolute atomic E-state index is 0.123. The molecule has 0 aliphatic heterocycles. The smallest absolute Gasteiger partial charge is 0.130 e. The molecule has 0 heterocycles. The molecule has 0 saturated carbocycles. The first-order valence-electron chi connectivity index (χ1n) is 5.84. The van der Waals surface area contributed by atoms with E-state index in [4.69, 9.17) is 0 Å². The molecule has 0 aliphatic rings. The fourth-order valence-electron chi connectivity index (χ4n) is 1.74. The first-order valence-corrected chi connectivity index (χ1v) is 5.84. The predicted octanol–water partition coefficient (Wildman–Crippen LogP) is 2.57. The third-order valence-corrected chi connectivity index (χ3v) is 2.67. The van der Waals surface area contributed by atoms with Crippen molar-refractivity contribution in [1.29, 1.82) is 0 Å². The van der Waals surface area contributed by atoms with Crippen LogP contribution >= 0.6 is 0 Å². The van der Waals surface area contributed by atoms with E-state index >= 15 is 0 Å². The summed E-state index contributed by atoms with van der Waals surface area (Å²) in [6.45, 7) is 3.48. The van der Waals surface area contributed by atoms with Gasteiger partial charge in [-0.3, -0.25) is 0 Å². The highest BCUT2D eigenvalue weighted by Gasteiger charge is 2.14. The van der Waals surface area contributed by atoms with Gasteiger partial charge < -0.3 is 10.2 Å². The minimum Gasteiger partial charge on any atom is -0.310 e. The van der Waals surface area contributed by atoms with Gasteiger partial charge in [-0.2, -0.15) is 0 Å². The lowest BCUT2D eigenvalue weighted by Gasteiger charge is -2.16. The highest BCUT2D eigenvalue weighted by atomic mass is 19.1. The molecule has 1 aromatic carbocycles. The summed E-state index contributed by atoms with van der Waals surface area (Å²) in [5.41, 5.74) is 0.123. The summed E-state index contributed by atoms with van der Waals surface area (Å²) in [6, 6.07) is 3.65. The van der Waals surface area contributed by atoms with Crippen molar-refractivity contribution < 1.29 is 8.78 Å². The van der Waals surface area contributed by atoms with Crippen molar-refractivity contribution in [2.75, 3.05) is 27.2 Å². The van der Waals surface area contributed by atoms with Gasteiger partial charge in [0.1, 0.15) is 11.6 Å². The van der Waals surface area contributed by atoms with E-state index in [2.05, 4.69) is 10.2 Å². The van der Waals surface area contributed by atoms with Crippen LogP contribution in [0.4, 0.5) is 8.78 Å². The molecule has 0 bridgehead atoms. The van der Waals surface area contributed by atoms with Gasteiger partial charge in [-0.05, 0) is 52.7 Å². The highest BCUT2D eigenvalue weighted by Crippen LogP contribution is 2.19. The van der Waals surface area contributed by atoms with E-state index < -0.39 is 11.6 Å². The molecule has 1 atom stereocenters. The fraction of sp³-hybridized carbons (Fsp3) is 0.538. The standard InChI is InChI=1S/C13H20F2N2/c1-10(16-8-5-9-17(2)3)13-11(14)6-4-7-12(13)15/h4,6-7,10,16H,5,8-9H2,1-3H3. The highest BCUT2D eigenvalue weighted by molar-refractivity contribution is 5.22. The van der Waals surface area contributed by atoms with E-state index in [1.807, 2.05) is 14.1 Å². The number of benzene rings is 1. The Bertz CT molecular complexity index is 333. The molecule has 1 N–H and O–H groups in total. The summed E-state index contributed by atoms with van der Waals surface area (Å²) in [6.07, 6.45) is 0.952. The summed E-state index contributed by atoms with van der Waals surface area (Å²) >= 11 is 0. The van der Waals surface area contributed by atoms with E-state index in [-0.39, 0.29) is 11.6 Å². The lowest BCUT2D eigenvalue weighted by molar-refractivity contribution is 0.386. The van der Waals surface area contributed by atoms with Crippen molar-refractivity contribution in [3.05, 3.63) is 35.4 Å². The Morgan fingerprint density at radius 3 is 2.35 bits per heavy atom. The second kappa shape index (κ2) is 6.67.